The summed E-state index contributed by atoms with van der Waals surface area (Å²) in [6.45, 7) is 2.84. The highest BCUT2D eigenvalue weighted by atomic mass is 16.5. The minimum atomic E-state index is -0.0189. The van der Waals surface area contributed by atoms with Crippen molar-refractivity contribution >= 4 is 6.03 Å². The third kappa shape index (κ3) is 2.93. The predicted molar refractivity (Wildman–Crippen MR) is 81.4 cm³/mol. The summed E-state index contributed by atoms with van der Waals surface area (Å²) in [5.41, 5.74) is 1.24. The van der Waals surface area contributed by atoms with Crippen LogP contribution in [-0.4, -0.2) is 55.2 Å². The summed E-state index contributed by atoms with van der Waals surface area (Å²) in [4.78, 5) is 15.7. The highest BCUT2D eigenvalue weighted by molar-refractivity contribution is 5.75. The molecule has 0 aliphatic carbocycles. The molecule has 2 aliphatic rings. The molecule has 1 atom stereocenters. The first-order chi connectivity index (χ1) is 10.7. The molecule has 0 aromatic heterocycles. The van der Waals surface area contributed by atoms with Crippen molar-refractivity contribution in [2.45, 2.75) is 18.4 Å². The summed E-state index contributed by atoms with van der Waals surface area (Å²) >= 11 is 0. The van der Waals surface area contributed by atoms with E-state index < -0.39 is 0 Å². The maximum atomic E-state index is 12.1. The molecule has 1 N–H and O–H groups in total. The normalized spacial score (nSPS) is 21.2. The summed E-state index contributed by atoms with van der Waals surface area (Å²) in [7, 11) is 1.65. The fraction of sp³-hybridized carbons (Fsp3) is 0.500. The lowest BCUT2D eigenvalue weighted by Gasteiger charge is -2.40. The van der Waals surface area contributed by atoms with E-state index in [-0.39, 0.29) is 12.1 Å². The zero-order chi connectivity index (χ0) is 15.5. The maximum Gasteiger partial charge on any atom is 0.317 e. The molecule has 1 aromatic rings. The molecule has 1 unspecified atom stereocenters. The molecule has 2 saturated heterocycles. The zero-order valence-corrected chi connectivity index (χ0v) is 12.7. The van der Waals surface area contributed by atoms with Gasteiger partial charge in [0.25, 0.3) is 0 Å². The second-order valence-electron chi connectivity index (χ2n) is 5.86. The van der Waals surface area contributed by atoms with Crippen LogP contribution in [-0.2, 0) is 0 Å². The van der Waals surface area contributed by atoms with Crippen molar-refractivity contribution in [3.8, 4) is 11.9 Å². The molecule has 116 valence electrons. The van der Waals surface area contributed by atoms with Crippen LogP contribution in [0.4, 0.5) is 4.79 Å². The Morgan fingerprint density at radius 1 is 1.32 bits per heavy atom. The van der Waals surface area contributed by atoms with Gasteiger partial charge in [0.05, 0.1) is 13.2 Å². The van der Waals surface area contributed by atoms with Crippen LogP contribution in [0.5, 0.6) is 5.75 Å². The summed E-state index contributed by atoms with van der Waals surface area (Å²) in [5.74, 6) is 1.25. The topological polar surface area (TPSA) is 68.6 Å². The molecule has 22 heavy (non-hydrogen) atoms. The van der Waals surface area contributed by atoms with Gasteiger partial charge in [-0.25, -0.2) is 4.79 Å². The van der Waals surface area contributed by atoms with Crippen molar-refractivity contribution in [1.29, 1.82) is 5.26 Å². The quantitative estimate of drug-likeness (QED) is 0.856. The molecular formula is C16H20N4O2. The van der Waals surface area contributed by atoms with Gasteiger partial charge in [-0.05, 0) is 24.1 Å². The number of hydrogen-bond donors (Lipinski definition) is 1. The molecule has 2 amide bonds. The van der Waals surface area contributed by atoms with E-state index in [9.17, 15) is 4.79 Å². The minimum absolute atomic E-state index is 0.0189. The van der Waals surface area contributed by atoms with Crippen LogP contribution in [0.1, 0.15) is 17.9 Å². The third-order valence-corrected chi connectivity index (χ3v) is 4.41. The molecule has 6 nitrogen and oxygen atoms in total. The number of nitrogens with zero attached hydrogens (tertiary/aromatic N) is 3. The summed E-state index contributed by atoms with van der Waals surface area (Å²) in [6, 6.07) is 8.09. The van der Waals surface area contributed by atoms with E-state index in [0.29, 0.717) is 12.5 Å². The number of rotatable bonds is 3. The molecule has 0 saturated carbocycles. The average Bonchev–Trinajstić information content (AvgIpc) is 2.94. The average molecular weight is 300 g/mol. The number of urea groups is 1. The third-order valence-electron chi connectivity index (χ3n) is 4.41. The van der Waals surface area contributed by atoms with Crippen molar-refractivity contribution < 1.29 is 9.53 Å². The second kappa shape index (κ2) is 6.14. The van der Waals surface area contributed by atoms with Crippen molar-refractivity contribution in [3.05, 3.63) is 29.8 Å². The largest absolute Gasteiger partial charge is 0.497 e. The van der Waals surface area contributed by atoms with Crippen LogP contribution in [0, 0.1) is 11.5 Å². The number of carbonyl (C=O) groups is 1. The van der Waals surface area contributed by atoms with Gasteiger partial charge in [0.2, 0.25) is 0 Å². The molecule has 0 spiro atoms. The van der Waals surface area contributed by atoms with Crippen molar-refractivity contribution in [1.82, 2.24) is 15.1 Å². The Balaban J connectivity index is 1.46. The SMILES string of the molecule is COc1ccc(C2CN(C(=O)NC3CCN(C#N)C3)C2)cc1. The van der Waals surface area contributed by atoms with Gasteiger partial charge in [-0.2, -0.15) is 5.26 Å². The Bertz CT molecular complexity index is 575. The maximum absolute atomic E-state index is 12.1. The molecule has 2 heterocycles. The molecule has 2 fully saturated rings. The van der Waals surface area contributed by atoms with E-state index in [1.165, 1.54) is 5.56 Å². The van der Waals surface area contributed by atoms with Crippen LogP contribution >= 0.6 is 0 Å². The monoisotopic (exact) mass is 300 g/mol. The van der Waals surface area contributed by atoms with E-state index in [2.05, 4.69) is 23.6 Å². The number of amides is 2. The molecular weight excluding hydrogens is 280 g/mol. The minimum Gasteiger partial charge on any atom is -0.497 e. The molecule has 1 aromatic carbocycles. The molecule has 0 radical (unpaired) electrons. The summed E-state index contributed by atoms with van der Waals surface area (Å²) < 4.78 is 5.15. The highest BCUT2D eigenvalue weighted by Crippen LogP contribution is 2.28. The van der Waals surface area contributed by atoms with Crippen LogP contribution in [0.15, 0.2) is 24.3 Å². The predicted octanol–water partition coefficient (Wildman–Crippen LogP) is 1.36. The first-order valence-electron chi connectivity index (χ1n) is 7.53. The Labute approximate surface area is 130 Å². The second-order valence-corrected chi connectivity index (χ2v) is 5.86. The van der Waals surface area contributed by atoms with Gasteiger partial charge < -0.3 is 19.9 Å². The molecule has 2 aliphatic heterocycles. The summed E-state index contributed by atoms with van der Waals surface area (Å²) in [6.07, 6.45) is 2.96. The fourth-order valence-corrected chi connectivity index (χ4v) is 2.97. The standard InChI is InChI=1S/C16H20N4O2/c1-22-15-4-2-12(3-5-15)13-8-20(9-13)16(21)18-14-6-7-19(10-14)11-17/h2-5,13-14H,6-10H2,1H3,(H,18,21). The van der Waals surface area contributed by atoms with E-state index in [1.54, 1.807) is 12.0 Å². The smallest absolute Gasteiger partial charge is 0.317 e. The van der Waals surface area contributed by atoms with E-state index in [1.807, 2.05) is 17.0 Å². The van der Waals surface area contributed by atoms with Gasteiger partial charge in [0.1, 0.15) is 5.75 Å². The van der Waals surface area contributed by atoms with E-state index in [4.69, 9.17) is 10.00 Å². The van der Waals surface area contributed by atoms with Crippen molar-refractivity contribution in [2.75, 3.05) is 33.3 Å². The lowest BCUT2D eigenvalue weighted by atomic mass is 9.92. The van der Waals surface area contributed by atoms with E-state index >= 15 is 0 Å². The number of likely N-dealkylation sites (tertiary alicyclic amines) is 2. The lowest BCUT2D eigenvalue weighted by molar-refractivity contribution is 0.148. The number of hydrogen-bond acceptors (Lipinski definition) is 4. The highest BCUT2D eigenvalue weighted by Gasteiger charge is 2.33. The van der Waals surface area contributed by atoms with Crippen LogP contribution in [0.25, 0.3) is 0 Å². The zero-order valence-electron chi connectivity index (χ0n) is 12.7. The Kier molecular flexibility index (Phi) is 4.05. The fourth-order valence-electron chi connectivity index (χ4n) is 2.97. The number of nitriles is 1. The summed E-state index contributed by atoms with van der Waals surface area (Å²) in [5, 5.41) is 11.8. The molecule has 3 rings (SSSR count). The van der Waals surface area contributed by atoms with Gasteiger partial charge in [-0.15, -0.1) is 0 Å². The Morgan fingerprint density at radius 2 is 2.05 bits per heavy atom. The van der Waals surface area contributed by atoms with Gasteiger partial charge in [0, 0.05) is 32.1 Å². The molecule has 0 bridgehead atoms. The van der Waals surface area contributed by atoms with Crippen LogP contribution in [0.3, 0.4) is 0 Å². The van der Waals surface area contributed by atoms with Gasteiger partial charge in [-0.1, -0.05) is 12.1 Å². The van der Waals surface area contributed by atoms with E-state index in [0.717, 1.165) is 31.8 Å². The van der Waals surface area contributed by atoms with Gasteiger partial charge in [-0.3, -0.25) is 0 Å². The Morgan fingerprint density at radius 3 is 2.64 bits per heavy atom. The molecule has 6 heteroatoms. The van der Waals surface area contributed by atoms with Gasteiger partial charge in [0.15, 0.2) is 6.19 Å². The Hall–Kier alpha value is -2.42. The van der Waals surface area contributed by atoms with Crippen LogP contribution in [0.2, 0.25) is 0 Å². The first-order valence-corrected chi connectivity index (χ1v) is 7.53. The number of benzene rings is 1. The first kappa shape index (κ1) is 14.5. The number of carbonyl (C=O) groups excluding carboxylic acids is 1. The number of ether oxygens (including phenoxy) is 1. The lowest BCUT2D eigenvalue weighted by Crippen LogP contribution is -2.54. The number of nitrogens with one attached hydrogen (secondary N) is 1. The van der Waals surface area contributed by atoms with Crippen LogP contribution < -0.4 is 10.1 Å². The van der Waals surface area contributed by atoms with Crippen molar-refractivity contribution in [3.63, 3.8) is 0 Å². The van der Waals surface area contributed by atoms with Crippen molar-refractivity contribution in [2.24, 2.45) is 0 Å². The van der Waals surface area contributed by atoms with Gasteiger partial charge >= 0.3 is 6.03 Å². The number of methoxy groups -OCH3 is 1.